The Morgan fingerprint density at radius 3 is 2.36 bits per heavy atom. The van der Waals surface area contributed by atoms with E-state index in [4.69, 9.17) is 9.47 Å². The van der Waals surface area contributed by atoms with E-state index in [9.17, 15) is 23.3 Å². The fourth-order valence-corrected chi connectivity index (χ4v) is 6.15. The van der Waals surface area contributed by atoms with Crippen LogP contribution in [0.4, 0.5) is 11.4 Å². The number of carbonyl (C=O) groups is 1. The van der Waals surface area contributed by atoms with Crippen molar-refractivity contribution < 1.29 is 27.6 Å². The lowest BCUT2D eigenvalue weighted by Crippen LogP contribution is -2.48. The standard InChI is InChI=1S/C28H31N3O7S/c1-21-8-13-25(18-26(21)31(33)34)39(35,36)30(23-9-11-24(37-2)12-10-23)19-27(32)29-20-28(14-16-38-17-15-28)22-6-4-3-5-7-22/h3-13,18H,14-17,19-20H2,1-2H3,(H,29,32). The first-order valence-electron chi connectivity index (χ1n) is 12.5. The summed E-state index contributed by atoms with van der Waals surface area (Å²) in [6, 6.07) is 19.8. The predicted molar refractivity (Wildman–Crippen MR) is 147 cm³/mol. The predicted octanol–water partition coefficient (Wildman–Crippen LogP) is 3.97. The molecule has 1 saturated heterocycles. The molecule has 0 aliphatic carbocycles. The Kier molecular flexibility index (Phi) is 8.51. The second-order valence-corrected chi connectivity index (χ2v) is 11.3. The molecule has 11 heteroatoms. The average molecular weight is 554 g/mol. The number of hydrogen-bond donors (Lipinski definition) is 1. The summed E-state index contributed by atoms with van der Waals surface area (Å²) >= 11 is 0. The van der Waals surface area contributed by atoms with Gasteiger partial charge >= 0.3 is 0 Å². The molecule has 3 aromatic rings. The topological polar surface area (TPSA) is 128 Å². The molecule has 0 aromatic heterocycles. The zero-order valence-corrected chi connectivity index (χ0v) is 22.6. The Balaban J connectivity index is 1.63. The van der Waals surface area contributed by atoms with Gasteiger partial charge in [-0.3, -0.25) is 19.2 Å². The first-order valence-corrected chi connectivity index (χ1v) is 13.9. The van der Waals surface area contributed by atoms with Crippen molar-refractivity contribution in [2.75, 3.05) is 37.7 Å². The van der Waals surface area contributed by atoms with Crippen molar-refractivity contribution >= 4 is 27.3 Å². The second kappa shape index (κ2) is 11.8. The monoisotopic (exact) mass is 553 g/mol. The van der Waals surface area contributed by atoms with Gasteiger partial charge in [-0.15, -0.1) is 0 Å². The van der Waals surface area contributed by atoms with Gasteiger partial charge in [0.25, 0.3) is 15.7 Å². The van der Waals surface area contributed by atoms with Gasteiger partial charge in [-0.05, 0) is 55.7 Å². The number of nitrogens with one attached hydrogen (secondary N) is 1. The molecule has 1 N–H and O–H groups in total. The number of aryl methyl sites for hydroxylation is 1. The molecule has 0 spiro atoms. The summed E-state index contributed by atoms with van der Waals surface area (Å²) in [4.78, 5) is 23.9. The molecule has 0 saturated carbocycles. The Hall–Kier alpha value is -3.96. The summed E-state index contributed by atoms with van der Waals surface area (Å²) in [7, 11) is -2.86. The SMILES string of the molecule is COc1ccc(N(CC(=O)NCC2(c3ccccc3)CCOCC2)S(=O)(=O)c2ccc(C)c([N+](=O)[O-])c2)cc1. The van der Waals surface area contributed by atoms with E-state index in [0.717, 1.165) is 15.9 Å². The lowest BCUT2D eigenvalue weighted by molar-refractivity contribution is -0.385. The van der Waals surface area contributed by atoms with Gasteiger partial charge in [-0.25, -0.2) is 8.42 Å². The van der Waals surface area contributed by atoms with Crippen LogP contribution in [0.2, 0.25) is 0 Å². The van der Waals surface area contributed by atoms with Gasteiger partial charge in [0.15, 0.2) is 0 Å². The van der Waals surface area contributed by atoms with Gasteiger partial charge in [-0.2, -0.15) is 0 Å². The fraction of sp³-hybridized carbons (Fsp3) is 0.321. The number of amides is 1. The van der Waals surface area contributed by atoms with E-state index < -0.39 is 27.4 Å². The van der Waals surface area contributed by atoms with Crippen LogP contribution in [0.1, 0.15) is 24.0 Å². The highest BCUT2D eigenvalue weighted by atomic mass is 32.2. The smallest absolute Gasteiger partial charge is 0.273 e. The maximum Gasteiger partial charge on any atom is 0.273 e. The van der Waals surface area contributed by atoms with Crippen LogP contribution >= 0.6 is 0 Å². The van der Waals surface area contributed by atoms with Crippen molar-refractivity contribution in [2.45, 2.75) is 30.1 Å². The number of nitro benzene ring substituents is 1. The maximum atomic E-state index is 13.8. The van der Waals surface area contributed by atoms with Crippen molar-refractivity contribution in [1.29, 1.82) is 0 Å². The van der Waals surface area contributed by atoms with E-state index in [2.05, 4.69) is 5.32 Å². The van der Waals surface area contributed by atoms with Crippen molar-refractivity contribution in [3.8, 4) is 5.75 Å². The van der Waals surface area contributed by atoms with Crippen LogP contribution in [0.3, 0.4) is 0 Å². The van der Waals surface area contributed by atoms with E-state index in [1.807, 2.05) is 30.3 Å². The molecule has 1 aliphatic heterocycles. The second-order valence-electron chi connectivity index (χ2n) is 9.45. The number of sulfonamides is 1. The largest absolute Gasteiger partial charge is 0.497 e. The third kappa shape index (κ3) is 6.21. The van der Waals surface area contributed by atoms with Crippen LogP contribution < -0.4 is 14.4 Å². The zero-order chi connectivity index (χ0) is 28.0. The summed E-state index contributed by atoms with van der Waals surface area (Å²) < 4.78 is 39.2. The highest BCUT2D eigenvalue weighted by Crippen LogP contribution is 2.34. The van der Waals surface area contributed by atoms with Crippen molar-refractivity contribution in [1.82, 2.24) is 5.32 Å². The van der Waals surface area contributed by atoms with E-state index >= 15 is 0 Å². The first kappa shape index (κ1) is 28.1. The summed E-state index contributed by atoms with van der Waals surface area (Å²) in [5, 5.41) is 14.4. The molecule has 39 heavy (non-hydrogen) atoms. The van der Waals surface area contributed by atoms with Crippen LogP contribution in [0.25, 0.3) is 0 Å². The number of nitro groups is 1. The minimum atomic E-state index is -4.34. The third-order valence-corrected chi connectivity index (χ3v) is 8.84. The molecule has 1 aliphatic rings. The average Bonchev–Trinajstić information content (AvgIpc) is 2.95. The molecule has 1 fully saturated rings. The highest BCUT2D eigenvalue weighted by molar-refractivity contribution is 7.92. The highest BCUT2D eigenvalue weighted by Gasteiger charge is 2.35. The summed E-state index contributed by atoms with van der Waals surface area (Å²) in [6.45, 7) is 2.44. The minimum Gasteiger partial charge on any atom is -0.497 e. The molecule has 0 radical (unpaired) electrons. The number of benzene rings is 3. The van der Waals surface area contributed by atoms with Crippen LogP contribution in [-0.4, -0.2) is 52.7 Å². The van der Waals surface area contributed by atoms with Crippen molar-refractivity contribution in [3.63, 3.8) is 0 Å². The van der Waals surface area contributed by atoms with E-state index in [1.165, 1.54) is 38.3 Å². The molecule has 1 amide bonds. The lowest BCUT2D eigenvalue weighted by Gasteiger charge is -2.38. The van der Waals surface area contributed by atoms with E-state index in [-0.39, 0.29) is 21.7 Å². The molecule has 0 atom stereocenters. The summed E-state index contributed by atoms with van der Waals surface area (Å²) in [5.41, 5.74) is 0.976. The fourth-order valence-electron chi connectivity index (χ4n) is 4.71. The number of nitrogens with zero attached hydrogens (tertiary/aromatic N) is 2. The molecule has 1 heterocycles. The number of ether oxygens (including phenoxy) is 2. The van der Waals surface area contributed by atoms with Crippen LogP contribution in [0.5, 0.6) is 5.75 Å². The van der Waals surface area contributed by atoms with Crippen molar-refractivity contribution in [2.24, 2.45) is 0 Å². The van der Waals surface area contributed by atoms with Gasteiger partial charge in [0.2, 0.25) is 5.91 Å². The number of methoxy groups -OCH3 is 1. The molecule has 206 valence electrons. The van der Waals surface area contributed by atoms with Crippen LogP contribution in [-0.2, 0) is 25.0 Å². The molecular formula is C28H31N3O7S. The maximum absolute atomic E-state index is 13.8. The Labute approximate surface area is 227 Å². The minimum absolute atomic E-state index is 0.220. The Morgan fingerprint density at radius 1 is 1.08 bits per heavy atom. The quantitative estimate of drug-likeness (QED) is 0.297. The van der Waals surface area contributed by atoms with Gasteiger partial charge in [0, 0.05) is 36.8 Å². The molecule has 0 bridgehead atoms. The van der Waals surface area contributed by atoms with E-state index in [0.29, 0.717) is 43.9 Å². The molecule has 0 unspecified atom stereocenters. The molecule has 3 aromatic carbocycles. The summed E-state index contributed by atoms with van der Waals surface area (Å²) in [5.74, 6) is 0.00801. The Bertz CT molecular complexity index is 1420. The number of anilines is 1. The van der Waals surface area contributed by atoms with Crippen LogP contribution in [0.15, 0.2) is 77.7 Å². The van der Waals surface area contributed by atoms with Gasteiger partial charge < -0.3 is 14.8 Å². The van der Waals surface area contributed by atoms with E-state index in [1.54, 1.807) is 12.1 Å². The van der Waals surface area contributed by atoms with Gasteiger partial charge in [0.05, 0.1) is 22.6 Å². The number of carbonyl (C=O) groups excluding carboxylic acids is 1. The third-order valence-electron chi connectivity index (χ3n) is 7.07. The first-order chi connectivity index (χ1) is 18.7. The molecule has 4 rings (SSSR count). The number of hydrogen-bond acceptors (Lipinski definition) is 7. The normalized spacial score (nSPS) is 14.8. The Morgan fingerprint density at radius 2 is 1.74 bits per heavy atom. The van der Waals surface area contributed by atoms with Gasteiger partial charge in [0.1, 0.15) is 12.3 Å². The van der Waals surface area contributed by atoms with Crippen LogP contribution in [0, 0.1) is 17.0 Å². The lowest BCUT2D eigenvalue weighted by atomic mass is 9.74. The summed E-state index contributed by atoms with van der Waals surface area (Å²) in [6.07, 6.45) is 1.43. The number of rotatable bonds is 10. The zero-order valence-electron chi connectivity index (χ0n) is 21.8. The van der Waals surface area contributed by atoms with Gasteiger partial charge in [-0.1, -0.05) is 36.4 Å². The van der Waals surface area contributed by atoms with Crippen molar-refractivity contribution in [3.05, 3.63) is 94.0 Å². The molecular weight excluding hydrogens is 522 g/mol. The molecule has 10 nitrogen and oxygen atoms in total.